The molecule has 1 heterocycles. The smallest absolute Gasteiger partial charge is 0.222 e. The second-order valence-electron chi connectivity index (χ2n) is 6.93. The van der Waals surface area contributed by atoms with Crippen LogP contribution in [0, 0.1) is 0 Å². The van der Waals surface area contributed by atoms with Gasteiger partial charge in [0.1, 0.15) is 0 Å². The number of hydrogen-bond donors (Lipinski definition) is 0. The average Bonchev–Trinajstić information content (AvgIpc) is 2.63. The van der Waals surface area contributed by atoms with Gasteiger partial charge in [-0.3, -0.25) is 4.79 Å². The summed E-state index contributed by atoms with van der Waals surface area (Å²) in [6.45, 7) is 16.5. The van der Waals surface area contributed by atoms with Crippen LogP contribution in [0.2, 0.25) is 18.1 Å². The van der Waals surface area contributed by atoms with Gasteiger partial charge in [-0.15, -0.1) is 6.58 Å². The molecule has 0 aromatic carbocycles. The van der Waals surface area contributed by atoms with Crippen LogP contribution in [0.15, 0.2) is 12.7 Å². The standard InChI is InChI=1S/C15H29NO2Si/c1-7-8-11-16-13(9-10-14(16)17)12-18-19(5,6)15(2,3)4/h7,13H,1,8-12H2,2-6H3/t13-/m0/s1. The number of nitrogens with zero attached hydrogens (tertiary/aromatic N) is 1. The number of likely N-dealkylation sites (tertiary alicyclic amines) is 1. The lowest BCUT2D eigenvalue weighted by Gasteiger charge is -2.38. The molecule has 0 unspecified atom stereocenters. The highest BCUT2D eigenvalue weighted by molar-refractivity contribution is 6.74. The van der Waals surface area contributed by atoms with Crippen LogP contribution < -0.4 is 0 Å². The van der Waals surface area contributed by atoms with Gasteiger partial charge in [-0.1, -0.05) is 26.8 Å². The van der Waals surface area contributed by atoms with Gasteiger partial charge in [-0.25, -0.2) is 0 Å². The highest BCUT2D eigenvalue weighted by Gasteiger charge is 2.39. The van der Waals surface area contributed by atoms with Crippen molar-refractivity contribution in [2.24, 2.45) is 0 Å². The van der Waals surface area contributed by atoms with Crippen LogP contribution in [0.3, 0.4) is 0 Å². The molecule has 0 radical (unpaired) electrons. The van der Waals surface area contributed by atoms with Crippen molar-refractivity contribution in [2.45, 2.75) is 64.2 Å². The van der Waals surface area contributed by atoms with Crippen LogP contribution in [-0.2, 0) is 9.22 Å². The molecule has 110 valence electrons. The lowest BCUT2D eigenvalue weighted by atomic mass is 10.2. The van der Waals surface area contributed by atoms with Crippen molar-refractivity contribution in [1.29, 1.82) is 0 Å². The quantitative estimate of drug-likeness (QED) is 0.551. The second kappa shape index (κ2) is 6.22. The van der Waals surface area contributed by atoms with Gasteiger partial charge >= 0.3 is 0 Å². The first-order chi connectivity index (χ1) is 8.69. The summed E-state index contributed by atoms with van der Waals surface area (Å²) in [7, 11) is -1.71. The predicted molar refractivity (Wildman–Crippen MR) is 82.7 cm³/mol. The molecule has 1 rings (SSSR count). The zero-order valence-corrected chi connectivity index (χ0v) is 14.2. The molecule has 0 N–H and O–H groups in total. The van der Waals surface area contributed by atoms with Gasteiger partial charge in [0.05, 0.1) is 12.6 Å². The fourth-order valence-corrected chi connectivity index (χ4v) is 3.07. The number of amides is 1. The lowest BCUT2D eigenvalue weighted by molar-refractivity contribution is -0.129. The molecule has 1 fully saturated rings. The minimum atomic E-state index is -1.71. The van der Waals surface area contributed by atoms with E-state index in [1.165, 1.54) is 0 Å². The Balaban J connectivity index is 2.56. The fraction of sp³-hybridized carbons (Fsp3) is 0.800. The summed E-state index contributed by atoms with van der Waals surface area (Å²) in [5, 5.41) is 0.224. The minimum absolute atomic E-state index is 0.224. The molecule has 19 heavy (non-hydrogen) atoms. The number of rotatable bonds is 6. The normalized spacial score (nSPS) is 21.0. The molecular weight excluding hydrogens is 254 g/mol. The fourth-order valence-electron chi connectivity index (χ4n) is 2.03. The zero-order valence-electron chi connectivity index (χ0n) is 13.2. The van der Waals surface area contributed by atoms with Crippen molar-refractivity contribution in [3.05, 3.63) is 12.7 Å². The predicted octanol–water partition coefficient (Wildman–Crippen LogP) is 3.58. The van der Waals surface area contributed by atoms with E-state index in [1.807, 2.05) is 11.0 Å². The van der Waals surface area contributed by atoms with Crippen LogP contribution in [0.5, 0.6) is 0 Å². The molecule has 0 aromatic heterocycles. The maximum atomic E-state index is 11.9. The first kappa shape index (κ1) is 16.4. The molecule has 0 bridgehead atoms. The molecule has 1 atom stereocenters. The Labute approximate surface area is 119 Å². The monoisotopic (exact) mass is 283 g/mol. The molecule has 0 spiro atoms. The Bertz CT molecular complexity index is 334. The van der Waals surface area contributed by atoms with E-state index in [1.54, 1.807) is 0 Å². The summed E-state index contributed by atoms with van der Waals surface area (Å²) < 4.78 is 6.26. The molecular formula is C15H29NO2Si. The first-order valence-electron chi connectivity index (χ1n) is 7.23. The molecule has 0 aromatic rings. The van der Waals surface area contributed by atoms with E-state index in [4.69, 9.17) is 4.43 Å². The summed E-state index contributed by atoms with van der Waals surface area (Å²) in [5.41, 5.74) is 0. The molecule has 1 saturated heterocycles. The van der Waals surface area contributed by atoms with Gasteiger partial charge < -0.3 is 9.33 Å². The summed E-state index contributed by atoms with van der Waals surface area (Å²) in [6.07, 6.45) is 4.34. The summed E-state index contributed by atoms with van der Waals surface area (Å²) in [5.74, 6) is 0.269. The number of carbonyl (C=O) groups excluding carboxylic acids is 1. The summed E-state index contributed by atoms with van der Waals surface area (Å²) in [6, 6.07) is 0.265. The van der Waals surface area contributed by atoms with Gasteiger partial charge in [0, 0.05) is 13.0 Å². The van der Waals surface area contributed by atoms with Gasteiger partial charge in [0.25, 0.3) is 0 Å². The van der Waals surface area contributed by atoms with Gasteiger partial charge in [0.2, 0.25) is 5.91 Å². The molecule has 4 heteroatoms. The van der Waals surface area contributed by atoms with E-state index in [0.717, 1.165) is 19.4 Å². The molecule has 0 aliphatic carbocycles. The van der Waals surface area contributed by atoms with Gasteiger partial charge in [-0.05, 0) is 31.0 Å². The first-order valence-corrected chi connectivity index (χ1v) is 10.1. The Morgan fingerprint density at radius 2 is 2.11 bits per heavy atom. The average molecular weight is 283 g/mol. The zero-order chi connectivity index (χ0) is 14.7. The van der Waals surface area contributed by atoms with Crippen LogP contribution in [0.1, 0.15) is 40.0 Å². The Hall–Kier alpha value is -0.613. The highest BCUT2D eigenvalue weighted by Crippen LogP contribution is 2.37. The van der Waals surface area contributed by atoms with Crippen molar-refractivity contribution >= 4 is 14.2 Å². The van der Waals surface area contributed by atoms with E-state index in [0.29, 0.717) is 13.0 Å². The molecule has 3 nitrogen and oxygen atoms in total. The van der Waals surface area contributed by atoms with E-state index in [2.05, 4.69) is 40.4 Å². The van der Waals surface area contributed by atoms with Crippen molar-refractivity contribution in [1.82, 2.24) is 4.90 Å². The topological polar surface area (TPSA) is 29.5 Å². The largest absolute Gasteiger partial charge is 0.415 e. The van der Waals surface area contributed by atoms with Crippen molar-refractivity contribution < 1.29 is 9.22 Å². The third kappa shape index (κ3) is 4.18. The van der Waals surface area contributed by atoms with Crippen LogP contribution in [0.25, 0.3) is 0 Å². The summed E-state index contributed by atoms with van der Waals surface area (Å²) in [4.78, 5) is 13.8. The van der Waals surface area contributed by atoms with E-state index < -0.39 is 8.32 Å². The molecule has 1 aliphatic rings. The minimum Gasteiger partial charge on any atom is -0.415 e. The van der Waals surface area contributed by atoms with Crippen LogP contribution >= 0.6 is 0 Å². The van der Waals surface area contributed by atoms with E-state index >= 15 is 0 Å². The second-order valence-corrected chi connectivity index (χ2v) is 11.7. The van der Waals surface area contributed by atoms with Gasteiger partial charge in [-0.2, -0.15) is 0 Å². The van der Waals surface area contributed by atoms with Crippen LogP contribution in [-0.4, -0.2) is 38.3 Å². The van der Waals surface area contributed by atoms with Crippen molar-refractivity contribution in [2.75, 3.05) is 13.2 Å². The van der Waals surface area contributed by atoms with Crippen molar-refractivity contribution in [3.8, 4) is 0 Å². The highest BCUT2D eigenvalue weighted by atomic mass is 28.4. The number of carbonyl (C=O) groups is 1. The van der Waals surface area contributed by atoms with Crippen LogP contribution in [0.4, 0.5) is 0 Å². The Kier molecular flexibility index (Phi) is 5.39. The molecule has 0 saturated carbocycles. The Morgan fingerprint density at radius 3 is 2.63 bits per heavy atom. The van der Waals surface area contributed by atoms with E-state index in [-0.39, 0.29) is 17.0 Å². The van der Waals surface area contributed by atoms with Gasteiger partial charge in [0.15, 0.2) is 8.32 Å². The molecule has 1 amide bonds. The summed E-state index contributed by atoms with van der Waals surface area (Å²) >= 11 is 0. The maximum Gasteiger partial charge on any atom is 0.222 e. The Morgan fingerprint density at radius 1 is 1.47 bits per heavy atom. The molecule has 1 aliphatic heterocycles. The number of hydrogen-bond acceptors (Lipinski definition) is 2. The van der Waals surface area contributed by atoms with Crippen molar-refractivity contribution in [3.63, 3.8) is 0 Å². The van der Waals surface area contributed by atoms with E-state index in [9.17, 15) is 4.79 Å². The third-order valence-corrected chi connectivity index (χ3v) is 8.97. The lowest BCUT2D eigenvalue weighted by Crippen LogP contribution is -2.45. The maximum absolute atomic E-state index is 11.9. The third-order valence-electron chi connectivity index (χ3n) is 4.47. The SMILES string of the molecule is C=CCCN1C(=O)CC[C@H]1CO[Si](C)(C)C(C)(C)C.